The van der Waals surface area contributed by atoms with Crippen LogP contribution in [0.5, 0.6) is 5.75 Å². The number of carbonyl (C=O) groups excluding carboxylic acids is 1. The Morgan fingerprint density at radius 2 is 2.15 bits per heavy atom. The molecule has 0 radical (unpaired) electrons. The standard InChI is InChI=1S/C14H16BrN3O2/c1-10(18-9-12(15)8-17-18)14(20)16-7-6-11-2-4-13(19)5-3-11/h2-5,8-10,19H,6-7H2,1H3,(H,16,20)/t10-/m1/s1. The van der Waals surface area contributed by atoms with Crippen LogP contribution >= 0.6 is 15.9 Å². The van der Waals surface area contributed by atoms with Gasteiger partial charge >= 0.3 is 0 Å². The third-order valence-corrected chi connectivity index (χ3v) is 3.41. The number of hydrogen-bond acceptors (Lipinski definition) is 3. The van der Waals surface area contributed by atoms with Crippen molar-refractivity contribution in [3.63, 3.8) is 0 Å². The first kappa shape index (κ1) is 14.6. The minimum absolute atomic E-state index is 0.0700. The molecule has 0 aliphatic carbocycles. The average Bonchev–Trinajstić information content (AvgIpc) is 2.86. The van der Waals surface area contributed by atoms with Crippen molar-refractivity contribution < 1.29 is 9.90 Å². The van der Waals surface area contributed by atoms with Crippen LogP contribution < -0.4 is 5.32 Å². The molecule has 2 N–H and O–H groups in total. The molecule has 106 valence electrons. The van der Waals surface area contributed by atoms with Crippen molar-refractivity contribution in [2.75, 3.05) is 6.54 Å². The molecule has 0 spiro atoms. The molecule has 6 heteroatoms. The molecule has 2 rings (SSSR count). The van der Waals surface area contributed by atoms with E-state index in [0.717, 1.165) is 16.5 Å². The van der Waals surface area contributed by atoms with Gasteiger partial charge in [-0.1, -0.05) is 12.1 Å². The summed E-state index contributed by atoms with van der Waals surface area (Å²) in [6, 6.07) is 6.62. The van der Waals surface area contributed by atoms with Gasteiger partial charge in [-0.15, -0.1) is 0 Å². The zero-order chi connectivity index (χ0) is 14.5. The number of benzene rings is 1. The van der Waals surface area contributed by atoms with E-state index in [1.165, 1.54) is 0 Å². The van der Waals surface area contributed by atoms with Gasteiger partial charge < -0.3 is 10.4 Å². The number of aromatic nitrogens is 2. The third kappa shape index (κ3) is 3.84. The van der Waals surface area contributed by atoms with E-state index in [2.05, 4.69) is 26.3 Å². The van der Waals surface area contributed by atoms with Gasteiger partial charge in [-0.3, -0.25) is 9.48 Å². The van der Waals surface area contributed by atoms with Crippen LogP contribution in [0.15, 0.2) is 41.1 Å². The number of halogens is 1. The SMILES string of the molecule is C[C@H](C(=O)NCCc1ccc(O)cc1)n1cc(Br)cn1. The van der Waals surface area contributed by atoms with Crippen LogP contribution in [0.25, 0.3) is 0 Å². The number of phenolic OH excluding ortho intramolecular Hbond substituents is 1. The minimum atomic E-state index is -0.346. The second-order valence-corrected chi connectivity index (χ2v) is 5.44. The highest BCUT2D eigenvalue weighted by molar-refractivity contribution is 9.10. The second kappa shape index (κ2) is 6.56. The Kier molecular flexibility index (Phi) is 4.79. The van der Waals surface area contributed by atoms with Crippen LogP contribution in [0.1, 0.15) is 18.5 Å². The molecular weight excluding hydrogens is 322 g/mol. The molecule has 1 heterocycles. The number of amides is 1. The molecule has 0 unspecified atom stereocenters. The van der Waals surface area contributed by atoms with Crippen LogP contribution in [0, 0.1) is 0 Å². The minimum Gasteiger partial charge on any atom is -0.508 e. The quantitative estimate of drug-likeness (QED) is 0.879. The maximum Gasteiger partial charge on any atom is 0.244 e. The lowest BCUT2D eigenvalue weighted by atomic mass is 10.1. The van der Waals surface area contributed by atoms with Gasteiger partial charge in [0.1, 0.15) is 11.8 Å². The number of carbonyl (C=O) groups is 1. The Labute approximate surface area is 125 Å². The van der Waals surface area contributed by atoms with E-state index in [1.807, 2.05) is 12.1 Å². The van der Waals surface area contributed by atoms with E-state index < -0.39 is 0 Å². The summed E-state index contributed by atoms with van der Waals surface area (Å²) in [7, 11) is 0. The van der Waals surface area contributed by atoms with Gasteiger partial charge in [-0.25, -0.2) is 0 Å². The van der Waals surface area contributed by atoms with Crippen molar-refractivity contribution in [1.29, 1.82) is 0 Å². The van der Waals surface area contributed by atoms with Gasteiger partial charge in [-0.05, 0) is 47.0 Å². The Hall–Kier alpha value is -1.82. The lowest BCUT2D eigenvalue weighted by molar-refractivity contribution is -0.124. The molecule has 1 aromatic carbocycles. The van der Waals surface area contributed by atoms with Crippen molar-refractivity contribution >= 4 is 21.8 Å². The lowest BCUT2D eigenvalue weighted by Crippen LogP contribution is -2.32. The predicted molar refractivity (Wildman–Crippen MR) is 79.5 cm³/mol. The number of rotatable bonds is 5. The number of phenols is 1. The molecule has 0 bridgehead atoms. The third-order valence-electron chi connectivity index (χ3n) is 3.00. The van der Waals surface area contributed by atoms with Crippen molar-refractivity contribution in [2.45, 2.75) is 19.4 Å². The smallest absolute Gasteiger partial charge is 0.244 e. The Morgan fingerprint density at radius 1 is 1.45 bits per heavy atom. The lowest BCUT2D eigenvalue weighted by Gasteiger charge is -2.12. The summed E-state index contributed by atoms with van der Waals surface area (Å²) in [4.78, 5) is 12.0. The topological polar surface area (TPSA) is 67.2 Å². The van der Waals surface area contributed by atoms with E-state index >= 15 is 0 Å². The summed E-state index contributed by atoms with van der Waals surface area (Å²) in [5.74, 6) is 0.176. The first-order valence-electron chi connectivity index (χ1n) is 6.31. The Morgan fingerprint density at radius 3 is 2.75 bits per heavy atom. The average molecular weight is 338 g/mol. The van der Waals surface area contributed by atoms with E-state index in [9.17, 15) is 9.90 Å². The van der Waals surface area contributed by atoms with Crippen molar-refractivity contribution in [3.8, 4) is 5.75 Å². The molecule has 0 aliphatic rings. The number of aromatic hydroxyl groups is 1. The molecule has 0 aliphatic heterocycles. The molecule has 1 amide bonds. The molecule has 0 saturated heterocycles. The van der Waals surface area contributed by atoms with Crippen LogP contribution in [0.4, 0.5) is 0 Å². The van der Waals surface area contributed by atoms with Gasteiger partial charge in [0.25, 0.3) is 0 Å². The highest BCUT2D eigenvalue weighted by Gasteiger charge is 2.14. The number of nitrogens with one attached hydrogen (secondary N) is 1. The summed E-state index contributed by atoms with van der Waals surface area (Å²) in [6.07, 6.45) is 4.14. The maximum absolute atomic E-state index is 12.0. The fraction of sp³-hybridized carbons (Fsp3) is 0.286. The zero-order valence-electron chi connectivity index (χ0n) is 11.1. The molecule has 1 atom stereocenters. The normalized spacial score (nSPS) is 12.1. The highest BCUT2D eigenvalue weighted by atomic mass is 79.9. The summed E-state index contributed by atoms with van der Waals surface area (Å²) in [6.45, 7) is 2.35. The largest absolute Gasteiger partial charge is 0.508 e. The molecule has 5 nitrogen and oxygen atoms in total. The van der Waals surface area contributed by atoms with E-state index in [4.69, 9.17) is 0 Å². The van der Waals surface area contributed by atoms with Crippen molar-refractivity contribution in [3.05, 3.63) is 46.7 Å². The van der Waals surface area contributed by atoms with E-state index in [0.29, 0.717) is 6.54 Å². The second-order valence-electron chi connectivity index (χ2n) is 4.52. The first-order valence-corrected chi connectivity index (χ1v) is 7.11. The van der Waals surface area contributed by atoms with Crippen LogP contribution in [0.3, 0.4) is 0 Å². The van der Waals surface area contributed by atoms with Crippen molar-refractivity contribution in [2.24, 2.45) is 0 Å². The molecular formula is C14H16BrN3O2. The van der Waals surface area contributed by atoms with Crippen LogP contribution in [-0.4, -0.2) is 27.3 Å². The number of hydrogen-bond donors (Lipinski definition) is 2. The zero-order valence-corrected chi connectivity index (χ0v) is 12.7. The highest BCUT2D eigenvalue weighted by Crippen LogP contribution is 2.12. The number of nitrogens with zero attached hydrogens (tertiary/aromatic N) is 2. The summed E-state index contributed by atoms with van der Waals surface area (Å²) < 4.78 is 2.46. The predicted octanol–water partition coefficient (Wildman–Crippen LogP) is 2.27. The van der Waals surface area contributed by atoms with Crippen molar-refractivity contribution in [1.82, 2.24) is 15.1 Å². The van der Waals surface area contributed by atoms with E-state index in [-0.39, 0.29) is 17.7 Å². The van der Waals surface area contributed by atoms with Gasteiger partial charge in [0.15, 0.2) is 0 Å². The van der Waals surface area contributed by atoms with E-state index in [1.54, 1.807) is 36.1 Å². The Bertz CT molecular complexity index is 580. The Balaban J connectivity index is 1.81. The monoisotopic (exact) mass is 337 g/mol. The molecule has 0 saturated carbocycles. The maximum atomic E-state index is 12.0. The first-order chi connectivity index (χ1) is 9.56. The fourth-order valence-electron chi connectivity index (χ4n) is 1.79. The summed E-state index contributed by atoms with van der Waals surface area (Å²) >= 11 is 3.30. The van der Waals surface area contributed by atoms with Gasteiger partial charge in [0, 0.05) is 12.7 Å². The molecule has 0 fully saturated rings. The van der Waals surface area contributed by atoms with Crippen LogP contribution in [-0.2, 0) is 11.2 Å². The summed E-state index contributed by atoms with van der Waals surface area (Å²) in [5, 5.41) is 16.2. The van der Waals surface area contributed by atoms with Gasteiger partial charge in [0.2, 0.25) is 5.91 Å². The molecule has 20 heavy (non-hydrogen) atoms. The molecule has 2 aromatic rings. The molecule has 1 aromatic heterocycles. The van der Waals surface area contributed by atoms with Gasteiger partial charge in [0.05, 0.1) is 10.7 Å². The fourth-order valence-corrected chi connectivity index (χ4v) is 2.09. The van der Waals surface area contributed by atoms with Gasteiger partial charge in [-0.2, -0.15) is 5.10 Å². The summed E-state index contributed by atoms with van der Waals surface area (Å²) in [5.41, 5.74) is 1.07. The van der Waals surface area contributed by atoms with Crippen LogP contribution in [0.2, 0.25) is 0 Å².